The SMILES string of the molecule is CCCN(CCC(=O)O)C(=O)/C(C)=C\C(=O)Nc1ccc(C(C)=O)cc1. The molecular weight excluding hydrogens is 336 g/mol. The summed E-state index contributed by atoms with van der Waals surface area (Å²) in [5.41, 5.74) is 1.27. The monoisotopic (exact) mass is 360 g/mol. The molecule has 1 aromatic carbocycles. The van der Waals surface area contributed by atoms with Crippen LogP contribution in [0, 0.1) is 0 Å². The van der Waals surface area contributed by atoms with Crippen molar-refractivity contribution < 1.29 is 24.3 Å². The van der Waals surface area contributed by atoms with Crippen molar-refractivity contribution in [2.45, 2.75) is 33.6 Å². The minimum atomic E-state index is -0.979. The third-order valence-corrected chi connectivity index (χ3v) is 3.62. The van der Waals surface area contributed by atoms with Crippen molar-refractivity contribution in [3.63, 3.8) is 0 Å². The molecule has 0 aliphatic heterocycles. The number of ketones is 1. The van der Waals surface area contributed by atoms with Gasteiger partial charge in [-0.25, -0.2) is 0 Å². The number of Topliss-reactive ketones (excluding diaryl/α,β-unsaturated/α-hetero) is 1. The Morgan fingerprint density at radius 3 is 2.19 bits per heavy atom. The van der Waals surface area contributed by atoms with E-state index in [0.717, 1.165) is 0 Å². The number of carbonyl (C=O) groups is 4. The third kappa shape index (κ3) is 6.88. The summed E-state index contributed by atoms with van der Waals surface area (Å²) in [7, 11) is 0. The lowest BCUT2D eigenvalue weighted by molar-refractivity contribution is -0.138. The molecule has 7 heteroatoms. The predicted molar refractivity (Wildman–Crippen MR) is 98.0 cm³/mol. The summed E-state index contributed by atoms with van der Waals surface area (Å²) in [6, 6.07) is 6.43. The molecule has 0 radical (unpaired) electrons. The third-order valence-electron chi connectivity index (χ3n) is 3.62. The number of nitrogens with one attached hydrogen (secondary N) is 1. The second-order valence-electron chi connectivity index (χ2n) is 5.89. The molecule has 2 amide bonds. The summed E-state index contributed by atoms with van der Waals surface area (Å²) in [6.07, 6.45) is 1.73. The van der Waals surface area contributed by atoms with Crippen LogP contribution in [0.2, 0.25) is 0 Å². The van der Waals surface area contributed by atoms with E-state index in [1.165, 1.54) is 24.8 Å². The fourth-order valence-electron chi connectivity index (χ4n) is 2.29. The zero-order chi connectivity index (χ0) is 19.7. The van der Waals surface area contributed by atoms with E-state index in [0.29, 0.717) is 24.2 Å². The minimum Gasteiger partial charge on any atom is -0.481 e. The number of amides is 2. The number of nitrogens with zero attached hydrogens (tertiary/aromatic N) is 1. The van der Waals surface area contributed by atoms with Gasteiger partial charge in [0.2, 0.25) is 11.8 Å². The molecule has 26 heavy (non-hydrogen) atoms. The van der Waals surface area contributed by atoms with Gasteiger partial charge in [-0.15, -0.1) is 0 Å². The molecule has 0 atom stereocenters. The van der Waals surface area contributed by atoms with E-state index in [2.05, 4.69) is 5.32 Å². The summed E-state index contributed by atoms with van der Waals surface area (Å²) >= 11 is 0. The molecule has 0 saturated carbocycles. The van der Waals surface area contributed by atoms with Gasteiger partial charge in [-0.2, -0.15) is 0 Å². The number of aliphatic carboxylic acids is 1. The molecule has 0 heterocycles. The van der Waals surface area contributed by atoms with Crippen LogP contribution in [0.5, 0.6) is 0 Å². The molecular formula is C19H24N2O5. The normalized spacial score (nSPS) is 11.0. The minimum absolute atomic E-state index is 0.0680. The van der Waals surface area contributed by atoms with Gasteiger partial charge in [0.15, 0.2) is 5.78 Å². The van der Waals surface area contributed by atoms with Crippen LogP contribution in [-0.4, -0.2) is 46.7 Å². The van der Waals surface area contributed by atoms with Crippen LogP contribution in [0.1, 0.15) is 44.0 Å². The number of carbonyl (C=O) groups excluding carboxylic acids is 3. The maximum Gasteiger partial charge on any atom is 0.305 e. The summed E-state index contributed by atoms with van der Waals surface area (Å²) in [6.45, 7) is 5.38. The molecule has 0 aliphatic carbocycles. The highest BCUT2D eigenvalue weighted by atomic mass is 16.4. The van der Waals surface area contributed by atoms with Crippen molar-refractivity contribution in [2.24, 2.45) is 0 Å². The van der Waals surface area contributed by atoms with E-state index in [-0.39, 0.29) is 30.2 Å². The van der Waals surface area contributed by atoms with Gasteiger partial charge in [0.05, 0.1) is 6.42 Å². The second kappa shape index (κ2) is 10.1. The smallest absolute Gasteiger partial charge is 0.305 e. The van der Waals surface area contributed by atoms with Gasteiger partial charge in [-0.1, -0.05) is 6.92 Å². The number of hydrogen-bond donors (Lipinski definition) is 2. The molecule has 0 spiro atoms. The molecule has 0 saturated heterocycles. The molecule has 0 aliphatic rings. The van der Waals surface area contributed by atoms with Gasteiger partial charge in [-0.05, 0) is 44.5 Å². The van der Waals surface area contributed by atoms with Crippen LogP contribution >= 0.6 is 0 Å². The van der Waals surface area contributed by atoms with Crippen molar-refractivity contribution in [1.29, 1.82) is 0 Å². The molecule has 2 N–H and O–H groups in total. The number of rotatable bonds is 9. The summed E-state index contributed by atoms with van der Waals surface area (Å²) < 4.78 is 0. The Hall–Kier alpha value is -2.96. The van der Waals surface area contributed by atoms with Crippen LogP contribution in [-0.2, 0) is 14.4 Å². The Morgan fingerprint density at radius 1 is 1.08 bits per heavy atom. The lowest BCUT2D eigenvalue weighted by Gasteiger charge is -2.21. The molecule has 7 nitrogen and oxygen atoms in total. The number of carboxylic acids is 1. The van der Waals surface area contributed by atoms with E-state index in [4.69, 9.17) is 5.11 Å². The van der Waals surface area contributed by atoms with Crippen LogP contribution < -0.4 is 5.32 Å². The summed E-state index contributed by atoms with van der Waals surface area (Å²) in [4.78, 5) is 47.8. The molecule has 0 unspecified atom stereocenters. The first kappa shape index (κ1) is 21.1. The van der Waals surface area contributed by atoms with E-state index in [9.17, 15) is 19.2 Å². The molecule has 1 aromatic rings. The summed E-state index contributed by atoms with van der Waals surface area (Å²) in [5.74, 6) is -1.88. The van der Waals surface area contributed by atoms with Crippen molar-refractivity contribution in [1.82, 2.24) is 4.90 Å². The van der Waals surface area contributed by atoms with Crippen molar-refractivity contribution >= 4 is 29.3 Å². The van der Waals surface area contributed by atoms with Crippen molar-refractivity contribution in [2.75, 3.05) is 18.4 Å². The van der Waals surface area contributed by atoms with E-state index in [1.807, 2.05) is 6.92 Å². The quantitative estimate of drug-likeness (QED) is 0.520. The van der Waals surface area contributed by atoms with Crippen LogP contribution in [0.15, 0.2) is 35.9 Å². The van der Waals surface area contributed by atoms with Crippen molar-refractivity contribution in [3.8, 4) is 0 Å². The lowest BCUT2D eigenvalue weighted by atomic mass is 10.1. The highest BCUT2D eigenvalue weighted by Crippen LogP contribution is 2.11. The average Bonchev–Trinajstić information content (AvgIpc) is 2.58. The molecule has 1 rings (SSSR count). The second-order valence-corrected chi connectivity index (χ2v) is 5.89. The zero-order valence-electron chi connectivity index (χ0n) is 15.2. The zero-order valence-corrected chi connectivity index (χ0v) is 15.2. The highest BCUT2D eigenvalue weighted by molar-refractivity contribution is 6.06. The van der Waals surface area contributed by atoms with Crippen LogP contribution in [0.4, 0.5) is 5.69 Å². The first-order valence-corrected chi connectivity index (χ1v) is 8.36. The topological polar surface area (TPSA) is 104 Å². The standard InChI is InChI=1S/C19H24N2O5/c1-4-10-21(11-9-18(24)25)19(26)13(2)12-17(23)20-16-7-5-15(6-8-16)14(3)22/h5-8,12H,4,9-11H2,1-3H3,(H,20,23)(H,24,25)/b13-12-. The molecule has 0 bridgehead atoms. The summed E-state index contributed by atoms with van der Waals surface area (Å²) in [5, 5.41) is 11.4. The number of anilines is 1. The fourth-order valence-corrected chi connectivity index (χ4v) is 2.29. The molecule has 0 aromatic heterocycles. The van der Waals surface area contributed by atoms with Gasteiger partial charge in [0.1, 0.15) is 0 Å². The highest BCUT2D eigenvalue weighted by Gasteiger charge is 2.16. The lowest BCUT2D eigenvalue weighted by Crippen LogP contribution is -2.34. The van der Waals surface area contributed by atoms with Crippen LogP contribution in [0.3, 0.4) is 0 Å². The van der Waals surface area contributed by atoms with Gasteiger partial charge in [0, 0.05) is 36.0 Å². The Labute approximate surface area is 152 Å². The van der Waals surface area contributed by atoms with Gasteiger partial charge < -0.3 is 15.3 Å². The Morgan fingerprint density at radius 2 is 1.69 bits per heavy atom. The molecule has 140 valence electrons. The maximum atomic E-state index is 12.4. The Kier molecular flexibility index (Phi) is 8.21. The van der Waals surface area contributed by atoms with E-state index in [1.54, 1.807) is 24.3 Å². The maximum absolute atomic E-state index is 12.4. The van der Waals surface area contributed by atoms with E-state index >= 15 is 0 Å². The average molecular weight is 360 g/mol. The van der Waals surface area contributed by atoms with Gasteiger partial charge in [0.25, 0.3) is 0 Å². The predicted octanol–water partition coefficient (Wildman–Crippen LogP) is 2.49. The Bertz CT molecular complexity index is 707. The van der Waals surface area contributed by atoms with Gasteiger partial charge in [-0.3, -0.25) is 19.2 Å². The number of carboxylic acid groups (broad SMARTS) is 1. The van der Waals surface area contributed by atoms with E-state index < -0.39 is 11.9 Å². The Balaban J connectivity index is 2.75. The number of benzene rings is 1. The first-order chi connectivity index (χ1) is 12.2. The van der Waals surface area contributed by atoms with Crippen molar-refractivity contribution in [3.05, 3.63) is 41.5 Å². The van der Waals surface area contributed by atoms with Gasteiger partial charge >= 0.3 is 5.97 Å². The fraction of sp³-hybridized carbons (Fsp3) is 0.368. The van der Waals surface area contributed by atoms with Crippen LogP contribution in [0.25, 0.3) is 0 Å². The molecule has 0 fully saturated rings. The largest absolute Gasteiger partial charge is 0.481 e. The number of hydrogen-bond acceptors (Lipinski definition) is 4. The first-order valence-electron chi connectivity index (χ1n) is 8.36.